The lowest BCUT2D eigenvalue weighted by Crippen LogP contribution is -2.10. The van der Waals surface area contributed by atoms with Crippen molar-refractivity contribution in [3.8, 4) is 5.69 Å². The van der Waals surface area contributed by atoms with Gasteiger partial charge in [0.25, 0.3) is 5.91 Å². The smallest absolute Gasteiger partial charge is 0.341 e. The first-order chi connectivity index (χ1) is 14.4. The summed E-state index contributed by atoms with van der Waals surface area (Å²) in [5.74, 6) is -0.554. The fourth-order valence-electron chi connectivity index (χ4n) is 3.27. The summed E-state index contributed by atoms with van der Waals surface area (Å²) in [6.07, 6.45) is 1.50. The molecular formula is C21H21N5O3S. The average molecular weight is 423 g/mol. The molecule has 1 amide bonds. The van der Waals surface area contributed by atoms with Crippen molar-refractivity contribution in [1.82, 2.24) is 19.6 Å². The molecule has 0 aliphatic heterocycles. The molecule has 3 aromatic heterocycles. The highest BCUT2D eigenvalue weighted by atomic mass is 32.1. The molecular weight excluding hydrogens is 402 g/mol. The number of aryl methyl sites for hydroxylation is 2. The minimum Gasteiger partial charge on any atom is -0.462 e. The molecule has 4 aromatic rings. The summed E-state index contributed by atoms with van der Waals surface area (Å²) < 4.78 is 8.51. The number of rotatable bonds is 5. The van der Waals surface area contributed by atoms with E-state index in [2.05, 4.69) is 15.5 Å². The molecule has 0 radical (unpaired) electrons. The first-order valence-corrected chi connectivity index (χ1v) is 10.3. The number of benzene rings is 1. The van der Waals surface area contributed by atoms with E-state index in [1.54, 1.807) is 28.4 Å². The second-order valence-electron chi connectivity index (χ2n) is 6.82. The van der Waals surface area contributed by atoms with Crippen molar-refractivity contribution in [2.45, 2.75) is 20.8 Å². The van der Waals surface area contributed by atoms with Crippen LogP contribution in [0.5, 0.6) is 0 Å². The van der Waals surface area contributed by atoms with Gasteiger partial charge in [-0.15, -0.1) is 11.3 Å². The second kappa shape index (κ2) is 7.75. The SMILES string of the molecule is CCOC(=O)c1cnn(-c2ccc(NC(=O)c3cc4c(C)nn(C)c4s3)cc2)c1C. The van der Waals surface area contributed by atoms with Crippen LogP contribution in [-0.2, 0) is 11.8 Å². The molecule has 0 aliphatic carbocycles. The van der Waals surface area contributed by atoms with Crippen LogP contribution in [0.3, 0.4) is 0 Å². The van der Waals surface area contributed by atoms with Gasteiger partial charge < -0.3 is 10.1 Å². The molecule has 4 rings (SSSR count). The third-order valence-corrected chi connectivity index (χ3v) is 6.00. The van der Waals surface area contributed by atoms with Crippen LogP contribution in [0.4, 0.5) is 5.69 Å². The van der Waals surface area contributed by atoms with Crippen LogP contribution >= 0.6 is 11.3 Å². The molecule has 3 heterocycles. The molecule has 9 heteroatoms. The molecule has 0 unspecified atom stereocenters. The first-order valence-electron chi connectivity index (χ1n) is 9.45. The van der Waals surface area contributed by atoms with E-state index < -0.39 is 0 Å². The number of aromatic nitrogens is 4. The van der Waals surface area contributed by atoms with Crippen LogP contribution < -0.4 is 5.32 Å². The monoisotopic (exact) mass is 423 g/mol. The van der Waals surface area contributed by atoms with Crippen molar-refractivity contribution in [2.75, 3.05) is 11.9 Å². The van der Waals surface area contributed by atoms with E-state index in [-0.39, 0.29) is 11.9 Å². The first kappa shape index (κ1) is 19.8. The highest BCUT2D eigenvalue weighted by Crippen LogP contribution is 2.28. The molecule has 0 saturated carbocycles. The number of carbonyl (C=O) groups is 2. The fraction of sp³-hybridized carbons (Fsp3) is 0.238. The fourth-order valence-corrected chi connectivity index (χ4v) is 4.29. The van der Waals surface area contributed by atoms with Gasteiger partial charge >= 0.3 is 5.97 Å². The lowest BCUT2D eigenvalue weighted by molar-refractivity contribution is 0.0525. The predicted molar refractivity (Wildman–Crippen MR) is 116 cm³/mol. The van der Waals surface area contributed by atoms with E-state index in [0.29, 0.717) is 28.4 Å². The van der Waals surface area contributed by atoms with Crippen LogP contribution in [0.15, 0.2) is 36.5 Å². The molecule has 1 N–H and O–H groups in total. The number of esters is 1. The Morgan fingerprint density at radius 3 is 2.60 bits per heavy atom. The molecule has 154 valence electrons. The second-order valence-corrected chi connectivity index (χ2v) is 7.85. The average Bonchev–Trinajstić information content (AvgIpc) is 3.39. The van der Waals surface area contributed by atoms with Crippen LogP contribution in [0, 0.1) is 13.8 Å². The minimum absolute atomic E-state index is 0.164. The van der Waals surface area contributed by atoms with Gasteiger partial charge in [-0.2, -0.15) is 10.2 Å². The number of fused-ring (bicyclic) bond motifs is 1. The van der Waals surface area contributed by atoms with Gasteiger partial charge in [-0.25, -0.2) is 9.48 Å². The Hall–Kier alpha value is -3.46. The Morgan fingerprint density at radius 2 is 1.93 bits per heavy atom. The molecule has 0 saturated heterocycles. The standard InChI is InChI=1S/C21H21N5O3S/c1-5-29-21(28)17-11-22-26(13(17)3)15-8-6-14(7-9-15)23-19(27)18-10-16-12(2)24-25(4)20(16)30-18/h6-11H,5H2,1-4H3,(H,23,27). The summed E-state index contributed by atoms with van der Waals surface area (Å²) in [5, 5.41) is 12.6. The van der Waals surface area contributed by atoms with Crippen LogP contribution in [0.25, 0.3) is 15.9 Å². The molecule has 0 bridgehead atoms. The third-order valence-electron chi connectivity index (χ3n) is 4.79. The van der Waals surface area contributed by atoms with Gasteiger partial charge in [0.05, 0.1) is 34.8 Å². The van der Waals surface area contributed by atoms with Crippen molar-refractivity contribution < 1.29 is 14.3 Å². The lowest BCUT2D eigenvalue weighted by atomic mass is 10.2. The number of nitrogens with zero attached hydrogens (tertiary/aromatic N) is 4. The van der Waals surface area contributed by atoms with E-state index in [0.717, 1.165) is 21.6 Å². The highest BCUT2D eigenvalue weighted by Gasteiger charge is 2.17. The van der Waals surface area contributed by atoms with Crippen molar-refractivity contribution in [3.63, 3.8) is 0 Å². The van der Waals surface area contributed by atoms with E-state index in [1.807, 2.05) is 39.1 Å². The van der Waals surface area contributed by atoms with Gasteiger partial charge in [0, 0.05) is 18.1 Å². The van der Waals surface area contributed by atoms with E-state index in [1.165, 1.54) is 17.5 Å². The number of carbonyl (C=O) groups excluding carboxylic acids is 2. The largest absolute Gasteiger partial charge is 0.462 e. The topological polar surface area (TPSA) is 91.0 Å². The Kier molecular flexibility index (Phi) is 5.13. The molecule has 8 nitrogen and oxygen atoms in total. The minimum atomic E-state index is -0.390. The van der Waals surface area contributed by atoms with Crippen LogP contribution in [0.2, 0.25) is 0 Å². The zero-order valence-corrected chi connectivity index (χ0v) is 17.9. The van der Waals surface area contributed by atoms with E-state index >= 15 is 0 Å². The van der Waals surface area contributed by atoms with Crippen molar-refractivity contribution in [2.24, 2.45) is 7.05 Å². The number of ether oxygens (including phenoxy) is 1. The van der Waals surface area contributed by atoms with Crippen molar-refractivity contribution in [1.29, 1.82) is 0 Å². The molecule has 0 spiro atoms. The zero-order chi connectivity index (χ0) is 21.4. The Balaban J connectivity index is 1.51. The number of thiophene rings is 1. The van der Waals surface area contributed by atoms with Crippen LogP contribution in [0.1, 0.15) is 38.3 Å². The number of hydrogen-bond donors (Lipinski definition) is 1. The van der Waals surface area contributed by atoms with Gasteiger partial charge in [-0.05, 0) is 51.1 Å². The van der Waals surface area contributed by atoms with Gasteiger partial charge in [0.2, 0.25) is 0 Å². The molecule has 1 aromatic carbocycles. The van der Waals surface area contributed by atoms with Crippen molar-refractivity contribution >= 4 is 39.1 Å². The molecule has 30 heavy (non-hydrogen) atoms. The summed E-state index contributed by atoms with van der Waals surface area (Å²) in [4.78, 5) is 26.2. The molecule has 0 atom stereocenters. The number of hydrogen-bond acceptors (Lipinski definition) is 6. The zero-order valence-electron chi connectivity index (χ0n) is 17.1. The summed E-state index contributed by atoms with van der Waals surface area (Å²) in [6.45, 7) is 5.82. The highest BCUT2D eigenvalue weighted by molar-refractivity contribution is 7.20. The number of nitrogens with one attached hydrogen (secondary N) is 1. The third kappa shape index (κ3) is 3.48. The predicted octanol–water partition coefficient (Wildman–Crippen LogP) is 3.87. The summed E-state index contributed by atoms with van der Waals surface area (Å²) >= 11 is 1.41. The Bertz CT molecular complexity index is 1220. The van der Waals surface area contributed by atoms with Gasteiger partial charge in [-0.3, -0.25) is 9.48 Å². The van der Waals surface area contributed by atoms with E-state index in [4.69, 9.17) is 4.74 Å². The summed E-state index contributed by atoms with van der Waals surface area (Å²) in [6, 6.07) is 9.15. The maximum absolute atomic E-state index is 12.7. The quantitative estimate of drug-likeness (QED) is 0.492. The molecule has 0 fully saturated rings. The summed E-state index contributed by atoms with van der Waals surface area (Å²) in [7, 11) is 1.87. The number of amides is 1. The maximum atomic E-state index is 12.7. The van der Waals surface area contributed by atoms with Gasteiger partial charge in [-0.1, -0.05) is 0 Å². The normalized spacial score (nSPS) is 11.1. The molecule has 0 aliphatic rings. The van der Waals surface area contributed by atoms with Gasteiger partial charge in [0.15, 0.2) is 0 Å². The van der Waals surface area contributed by atoms with Crippen LogP contribution in [-0.4, -0.2) is 38.0 Å². The lowest BCUT2D eigenvalue weighted by Gasteiger charge is -2.08. The van der Waals surface area contributed by atoms with E-state index in [9.17, 15) is 9.59 Å². The Morgan fingerprint density at radius 1 is 1.20 bits per heavy atom. The van der Waals surface area contributed by atoms with Gasteiger partial charge in [0.1, 0.15) is 10.4 Å². The van der Waals surface area contributed by atoms with Crippen molar-refractivity contribution in [3.05, 3.63) is 58.4 Å². The Labute approximate surface area is 177 Å². The summed E-state index contributed by atoms with van der Waals surface area (Å²) in [5.41, 5.74) is 3.49. The number of anilines is 1. The maximum Gasteiger partial charge on any atom is 0.341 e.